The van der Waals surface area contributed by atoms with E-state index in [9.17, 15) is 5.11 Å². The quantitative estimate of drug-likeness (QED) is 0.753. The molecule has 0 saturated carbocycles. The summed E-state index contributed by atoms with van der Waals surface area (Å²) in [6, 6.07) is 10.1. The largest absolute Gasteiger partial charge is 0.384 e. The second-order valence-corrected chi connectivity index (χ2v) is 6.69. The van der Waals surface area contributed by atoms with Gasteiger partial charge in [0.2, 0.25) is 0 Å². The molecule has 2 aromatic carbocycles. The average Bonchev–Trinajstić information content (AvgIpc) is 2.31. The summed E-state index contributed by atoms with van der Waals surface area (Å²) < 4.78 is 2.07. The maximum absolute atomic E-state index is 10.6. The molecule has 19 heavy (non-hydrogen) atoms. The highest BCUT2D eigenvalue weighted by Crippen LogP contribution is 2.31. The number of benzene rings is 2. The highest BCUT2D eigenvalue weighted by atomic mass is 79.9. The molecule has 0 amide bonds. The van der Waals surface area contributed by atoms with Gasteiger partial charge in [-0.3, -0.25) is 0 Å². The van der Waals surface area contributed by atoms with Gasteiger partial charge in [0.05, 0.1) is 0 Å². The number of aliphatic hydroxyl groups excluding tert-OH is 1. The molecule has 2 rings (SSSR count). The van der Waals surface area contributed by atoms with Crippen molar-refractivity contribution < 1.29 is 5.11 Å². The van der Waals surface area contributed by atoms with Crippen LogP contribution in [0.15, 0.2) is 39.3 Å². The van der Waals surface area contributed by atoms with Crippen molar-refractivity contribution in [3.05, 3.63) is 67.1 Å². The predicted octanol–water partition coefficient (Wildman–Crippen LogP) is 5.22. The van der Waals surface area contributed by atoms with Crippen molar-refractivity contribution in [2.24, 2.45) is 0 Å². The van der Waals surface area contributed by atoms with Crippen molar-refractivity contribution in [1.82, 2.24) is 0 Å². The Labute approximate surface area is 130 Å². The van der Waals surface area contributed by atoms with Gasteiger partial charge in [0.25, 0.3) is 0 Å². The minimum atomic E-state index is -0.594. The Morgan fingerprint density at radius 1 is 0.895 bits per heavy atom. The highest BCUT2D eigenvalue weighted by molar-refractivity contribution is 9.10. The molecule has 0 radical (unpaired) electrons. The first kappa shape index (κ1) is 14.8. The van der Waals surface area contributed by atoms with Gasteiger partial charge in [-0.1, -0.05) is 44.0 Å². The van der Waals surface area contributed by atoms with E-state index in [0.717, 1.165) is 36.8 Å². The first-order valence-corrected chi connectivity index (χ1v) is 7.69. The van der Waals surface area contributed by atoms with Crippen LogP contribution in [0.1, 0.15) is 33.9 Å². The van der Waals surface area contributed by atoms with Crippen molar-refractivity contribution in [3.8, 4) is 0 Å². The summed E-state index contributed by atoms with van der Waals surface area (Å²) in [5.74, 6) is 0. The topological polar surface area (TPSA) is 20.2 Å². The number of aliphatic hydroxyl groups is 1. The number of halogens is 2. The summed E-state index contributed by atoms with van der Waals surface area (Å²) in [4.78, 5) is 0. The Bertz CT molecular complexity index is 600. The van der Waals surface area contributed by atoms with Gasteiger partial charge in [-0.2, -0.15) is 0 Å². The lowest BCUT2D eigenvalue weighted by molar-refractivity contribution is 0.219. The van der Waals surface area contributed by atoms with Crippen LogP contribution < -0.4 is 0 Å². The van der Waals surface area contributed by atoms with Crippen LogP contribution in [0.2, 0.25) is 0 Å². The molecule has 0 aliphatic heterocycles. The Morgan fingerprint density at radius 3 is 2.21 bits per heavy atom. The number of hydrogen-bond acceptors (Lipinski definition) is 1. The standard InChI is InChI=1S/C16H16Br2O/c1-9-4-12(8-13(17)5-9)16(19)14-6-11(3)15(18)7-10(14)2/h4-8,16,19H,1-3H3. The van der Waals surface area contributed by atoms with E-state index in [0.29, 0.717) is 0 Å². The van der Waals surface area contributed by atoms with E-state index < -0.39 is 6.10 Å². The van der Waals surface area contributed by atoms with Gasteiger partial charge in [0.15, 0.2) is 0 Å². The fourth-order valence-electron chi connectivity index (χ4n) is 2.20. The molecule has 0 bridgehead atoms. The van der Waals surface area contributed by atoms with Crippen molar-refractivity contribution >= 4 is 31.9 Å². The summed E-state index contributed by atoms with van der Waals surface area (Å²) in [5.41, 5.74) is 5.22. The molecule has 1 N–H and O–H groups in total. The summed E-state index contributed by atoms with van der Waals surface area (Å²) in [7, 11) is 0. The highest BCUT2D eigenvalue weighted by Gasteiger charge is 2.15. The van der Waals surface area contributed by atoms with E-state index in [1.54, 1.807) is 0 Å². The first-order chi connectivity index (χ1) is 8.88. The van der Waals surface area contributed by atoms with Crippen molar-refractivity contribution in [2.45, 2.75) is 26.9 Å². The molecule has 0 aromatic heterocycles. The molecule has 3 heteroatoms. The molecule has 0 saturated heterocycles. The van der Waals surface area contributed by atoms with Gasteiger partial charge in [-0.15, -0.1) is 0 Å². The molecule has 0 spiro atoms. The lowest BCUT2D eigenvalue weighted by Gasteiger charge is -2.17. The molecule has 100 valence electrons. The number of aryl methyl sites for hydroxylation is 3. The van der Waals surface area contributed by atoms with Crippen LogP contribution in [0.25, 0.3) is 0 Å². The maximum Gasteiger partial charge on any atom is 0.104 e. The van der Waals surface area contributed by atoms with E-state index in [1.165, 1.54) is 0 Å². The molecule has 1 unspecified atom stereocenters. The minimum Gasteiger partial charge on any atom is -0.384 e. The second kappa shape index (κ2) is 5.78. The third kappa shape index (κ3) is 3.28. The molecule has 0 heterocycles. The third-order valence-corrected chi connectivity index (χ3v) is 4.53. The third-order valence-electron chi connectivity index (χ3n) is 3.22. The molecular weight excluding hydrogens is 368 g/mol. The molecule has 1 nitrogen and oxygen atoms in total. The van der Waals surface area contributed by atoms with Crippen LogP contribution in [0.4, 0.5) is 0 Å². The minimum absolute atomic E-state index is 0.594. The monoisotopic (exact) mass is 382 g/mol. The molecule has 0 aliphatic rings. The molecule has 2 aromatic rings. The summed E-state index contributed by atoms with van der Waals surface area (Å²) >= 11 is 7.00. The Morgan fingerprint density at radius 2 is 1.58 bits per heavy atom. The Balaban J connectivity index is 2.49. The average molecular weight is 384 g/mol. The van der Waals surface area contributed by atoms with E-state index in [4.69, 9.17) is 0 Å². The second-order valence-electron chi connectivity index (χ2n) is 4.92. The fraction of sp³-hybridized carbons (Fsp3) is 0.250. The Hall–Kier alpha value is -0.640. The summed E-state index contributed by atoms with van der Waals surface area (Å²) in [6.45, 7) is 6.08. The zero-order valence-corrected chi connectivity index (χ0v) is 14.3. The summed E-state index contributed by atoms with van der Waals surface area (Å²) in [5, 5.41) is 10.6. The molecule has 0 fully saturated rings. The van der Waals surface area contributed by atoms with Gasteiger partial charge in [-0.05, 0) is 66.8 Å². The van der Waals surface area contributed by atoms with Gasteiger partial charge in [0, 0.05) is 8.95 Å². The lowest BCUT2D eigenvalue weighted by Crippen LogP contribution is -2.03. The van der Waals surface area contributed by atoms with Crippen LogP contribution in [0.5, 0.6) is 0 Å². The van der Waals surface area contributed by atoms with E-state index in [2.05, 4.69) is 37.9 Å². The molecular formula is C16H16Br2O. The van der Waals surface area contributed by atoms with Crippen LogP contribution in [-0.4, -0.2) is 5.11 Å². The predicted molar refractivity (Wildman–Crippen MR) is 86.6 cm³/mol. The van der Waals surface area contributed by atoms with Crippen LogP contribution >= 0.6 is 31.9 Å². The van der Waals surface area contributed by atoms with Gasteiger partial charge in [0.1, 0.15) is 6.10 Å². The van der Waals surface area contributed by atoms with Crippen LogP contribution in [-0.2, 0) is 0 Å². The number of hydrogen-bond donors (Lipinski definition) is 1. The van der Waals surface area contributed by atoms with Crippen LogP contribution in [0.3, 0.4) is 0 Å². The van der Waals surface area contributed by atoms with Crippen molar-refractivity contribution in [1.29, 1.82) is 0 Å². The van der Waals surface area contributed by atoms with Crippen LogP contribution in [0, 0.1) is 20.8 Å². The van der Waals surface area contributed by atoms with Gasteiger partial charge < -0.3 is 5.11 Å². The first-order valence-electron chi connectivity index (χ1n) is 6.10. The van der Waals surface area contributed by atoms with E-state index >= 15 is 0 Å². The maximum atomic E-state index is 10.6. The zero-order chi connectivity index (χ0) is 14.2. The Kier molecular flexibility index (Phi) is 4.49. The van der Waals surface area contributed by atoms with Gasteiger partial charge in [-0.25, -0.2) is 0 Å². The SMILES string of the molecule is Cc1cc(Br)cc(C(O)c2cc(C)c(Br)cc2C)c1. The zero-order valence-electron chi connectivity index (χ0n) is 11.2. The fourth-order valence-corrected chi connectivity index (χ4v) is 3.28. The lowest BCUT2D eigenvalue weighted by atomic mass is 9.95. The summed E-state index contributed by atoms with van der Waals surface area (Å²) in [6.07, 6.45) is -0.594. The van der Waals surface area contributed by atoms with Gasteiger partial charge >= 0.3 is 0 Å². The number of rotatable bonds is 2. The molecule has 1 atom stereocenters. The van der Waals surface area contributed by atoms with Crippen molar-refractivity contribution in [3.63, 3.8) is 0 Å². The normalized spacial score (nSPS) is 12.5. The van der Waals surface area contributed by atoms with Crippen molar-refractivity contribution in [2.75, 3.05) is 0 Å². The smallest absolute Gasteiger partial charge is 0.104 e. The van der Waals surface area contributed by atoms with E-state index in [1.807, 2.05) is 45.0 Å². The molecule has 0 aliphatic carbocycles. The van der Waals surface area contributed by atoms with E-state index in [-0.39, 0.29) is 0 Å².